The number of carbonyl (C=O) groups excluding carboxylic acids is 2. The lowest BCUT2D eigenvalue weighted by Gasteiger charge is -2.30. The van der Waals surface area contributed by atoms with Crippen LogP contribution in [0, 0.1) is 12.8 Å². The van der Waals surface area contributed by atoms with Gasteiger partial charge in [-0.2, -0.15) is 0 Å². The van der Waals surface area contributed by atoms with Crippen molar-refractivity contribution in [1.29, 1.82) is 0 Å². The molecule has 0 saturated carbocycles. The number of thiazole rings is 1. The molecule has 0 spiro atoms. The van der Waals surface area contributed by atoms with Gasteiger partial charge < -0.3 is 15.4 Å². The van der Waals surface area contributed by atoms with Crippen molar-refractivity contribution in [2.24, 2.45) is 11.7 Å². The first kappa shape index (κ1) is 24.4. The second-order valence-corrected chi connectivity index (χ2v) is 9.98. The maximum atomic E-state index is 13.5. The van der Waals surface area contributed by atoms with E-state index in [2.05, 4.69) is 9.88 Å². The average molecular weight is 498 g/mol. The van der Waals surface area contributed by atoms with Crippen LogP contribution in [0.3, 0.4) is 0 Å². The lowest BCUT2D eigenvalue weighted by atomic mass is 9.91. The number of ether oxygens (including phenoxy) is 1. The summed E-state index contributed by atoms with van der Waals surface area (Å²) in [5.74, 6) is -0.490. The first-order valence-corrected chi connectivity index (χ1v) is 12.5. The van der Waals surface area contributed by atoms with Crippen molar-refractivity contribution in [1.82, 2.24) is 4.98 Å². The molecular formula is C26H28ClN3O3S. The average Bonchev–Trinajstić information content (AvgIpc) is 3.08. The Morgan fingerprint density at radius 1 is 1.18 bits per heavy atom. The van der Waals surface area contributed by atoms with Gasteiger partial charge in [0.25, 0.3) is 0 Å². The molecule has 1 fully saturated rings. The molecule has 0 bridgehead atoms. The summed E-state index contributed by atoms with van der Waals surface area (Å²) >= 11 is 7.37. The Labute approximate surface area is 208 Å². The number of rotatable bonds is 6. The van der Waals surface area contributed by atoms with E-state index in [1.54, 1.807) is 6.07 Å². The summed E-state index contributed by atoms with van der Waals surface area (Å²) in [5.41, 5.74) is 9.54. The molecule has 0 amide bonds. The molecule has 1 aliphatic rings. The number of methoxy groups -OCH3 is 1. The predicted octanol–water partition coefficient (Wildman–Crippen LogP) is 5.38. The highest BCUT2D eigenvalue weighted by Gasteiger charge is 2.32. The highest BCUT2D eigenvalue weighted by atomic mass is 35.5. The third kappa shape index (κ3) is 5.17. The third-order valence-electron chi connectivity index (χ3n) is 6.28. The molecule has 0 aliphatic carbocycles. The number of carbonyl (C=O) groups is 2. The van der Waals surface area contributed by atoms with E-state index >= 15 is 0 Å². The van der Waals surface area contributed by atoms with Gasteiger partial charge in [-0.3, -0.25) is 4.79 Å². The molecule has 2 heterocycles. The number of nitrogens with two attached hydrogens (primary N) is 1. The highest BCUT2D eigenvalue weighted by Crippen LogP contribution is 2.32. The van der Waals surface area contributed by atoms with E-state index in [9.17, 15) is 9.59 Å². The predicted molar refractivity (Wildman–Crippen MR) is 137 cm³/mol. The monoisotopic (exact) mass is 497 g/mol. The first-order chi connectivity index (χ1) is 16.4. The van der Waals surface area contributed by atoms with Crippen molar-refractivity contribution < 1.29 is 14.3 Å². The Hall–Kier alpha value is -2.74. The van der Waals surface area contributed by atoms with Gasteiger partial charge in [0.2, 0.25) is 0 Å². The number of anilines is 1. The minimum Gasteiger partial charge on any atom is -0.465 e. The van der Waals surface area contributed by atoms with Gasteiger partial charge in [-0.05, 0) is 49.9 Å². The van der Waals surface area contributed by atoms with Crippen LogP contribution >= 0.6 is 22.9 Å². The summed E-state index contributed by atoms with van der Waals surface area (Å²) in [5, 5.41) is 1.43. The lowest BCUT2D eigenvalue weighted by Crippen LogP contribution is -2.43. The zero-order chi connectivity index (χ0) is 24.2. The number of hydrogen-bond acceptors (Lipinski definition) is 7. The summed E-state index contributed by atoms with van der Waals surface area (Å²) in [6, 6.07) is 14.2. The molecule has 1 aliphatic heterocycles. The quantitative estimate of drug-likeness (QED) is 0.363. The van der Waals surface area contributed by atoms with E-state index in [4.69, 9.17) is 22.1 Å². The van der Waals surface area contributed by atoms with Crippen LogP contribution in [0.5, 0.6) is 0 Å². The van der Waals surface area contributed by atoms with Crippen LogP contribution in [0.25, 0.3) is 10.6 Å². The summed E-state index contributed by atoms with van der Waals surface area (Å²) < 4.78 is 4.97. The summed E-state index contributed by atoms with van der Waals surface area (Å²) in [4.78, 5) is 33.2. The Morgan fingerprint density at radius 2 is 1.91 bits per heavy atom. The number of esters is 1. The van der Waals surface area contributed by atoms with Crippen LogP contribution in [0.4, 0.5) is 5.69 Å². The van der Waals surface area contributed by atoms with Crippen LogP contribution in [-0.4, -0.2) is 43.0 Å². The summed E-state index contributed by atoms with van der Waals surface area (Å²) in [7, 11) is 1.38. The van der Waals surface area contributed by atoms with Gasteiger partial charge in [-0.25, -0.2) is 9.78 Å². The van der Waals surface area contributed by atoms with Gasteiger partial charge in [-0.15, -0.1) is 11.3 Å². The Bertz CT molecular complexity index is 1180. The SMILES string of the molecule is COC(=O)c1ccccc1N1CCCCC(C(N)C(=O)c2sc(-c3ccc(Cl)cc3)nc2C)C1. The molecule has 178 valence electrons. The Balaban J connectivity index is 1.56. The molecule has 8 heteroatoms. The van der Waals surface area contributed by atoms with Gasteiger partial charge in [0.15, 0.2) is 5.78 Å². The maximum absolute atomic E-state index is 13.5. The molecule has 1 saturated heterocycles. The van der Waals surface area contributed by atoms with Crippen molar-refractivity contribution in [2.75, 3.05) is 25.1 Å². The molecule has 6 nitrogen and oxygen atoms in total. The molecule has 2 atom stereocenters. The van der Waals surface area contributed by atoms with E-state index in [0.717, 1.165) is 42.1 Å². The van der Waals surface area contributed by atoms with Gasteiger partial charge >= 0.3 is 5.97 Å². The topological polar surface area (TPSA) is 85.5 Å². The molecule has 3 aromatic rings. The normalized spacial score (nSPS) is 17.2. The molecular weight excluding hydrogens is 470 g/mol. The summed E-state index contributed by atoms with van der Waals surface area (Å²) in [6.45, 7) is 3.25. The minimum atomic E-state index is -0.650. The Morgan fingerprint density at radius 3 is 2.65 bits per heavy atom. The number of para-hydroxylation sites is 1. The fourth-order valence-electron chi connectivity index (χ4n) is 4.43. The van der Waals surface area contributed by atoms with Crippen molar-refractivity contribution in [3.63, 3.8) is 0 Å². The van der Waals surface area contributed by atoms with E-state index < -0.39 is 6.04 Å². The van der Waals surface area contributed by atoms with Crippen LogP contribution < -0.4 is 10.6 Å². The van der Waals surface area contributed by atoms with Gasteiger partial charge in [0.05, 0.1) is 35.0 Å². The van der Waals surface area contributed by atoms with E-state index in [0.29, 0.717) is 27.7 Å². The number of hydrogen-bond donors (Lipinski definition) is 1. The minimum absolute atomic E-state index is 0.0406. The molecule has 2 unspecified atom stereocenters. The first-order valence-electron chi connectivity index (χ1n) is 11.3. The van der Waals surface area contributed by atoms with Gasteiger partial charge in [0.1, 0.15) is 5.01 Å². The fraction of sp³-hybridized carbons (Fsp3) is 0.346. The highest BCUT2D eigenvalue weighted by molar-refractivity contribution is 7.17. The molecule has 34 heavy (non-hydrogen) atoms. The number of aromatic nitrogens is 1. The van der Waals surface area contributed by atoms with Crippen LogP contribution in [0.2, 0.25) is 5.02 Å². The van der Waals surface area contributed by atoms with Crippen molar-refractivity contribution in [2.45, 2.75) is 32.2 Å². The zero-order valence-electron chi connectivity index (χ0n) is 19.3. The summed E-state index contributed by atoms with van der Waals surface area (Å²) in [6.07, 6.45) is 2.79. The van der Waals surface area contributed by atoms with E-state index in [1.807, 2.05) is 49.4 Å². The third-order valence-corrected chi connectivity index (χ3v) is 7.75. The van der Waals surface area contributed by atoms with Crippen molar-refractivity contribution >= 4 is 40.4 Å². The largest absolute Gasteiger partial charge is 0.465 e. The van der Waals surface area contributed by atoms with Gasteiger partial charge in [0, 0.05) is 23.7 Å². The van der Waals surface area contributed by atoms with Crippen LogP contribution in [0.1, 0.15) is 45.0 Å². The number of aryl methyl sites for hydroxylation is 1. The van der Waals surface area contributed by atoms with E-state index in [-0.39, 0.29) is 17.7 Å². The standard InChI is InChI=1S/C26H28ClN3O3S/c1-16-24(34-25(29-16)17-10-12-19(27)13-11-17)23(31)22(28)18-7-5-6-14-30(15-18)21-9-4-3-8-20(21)26(32)33-2/h3-4,8-13,18,22H,5-7,14-15,28H2,1-2H3. The lowest BCUT2D eigenvalue weighted by molar-refractivity contribution is 0.0601. The van der Waals surface area contributed by atoms with Crippen molar-refractivity contribution in [3.8, 4) is 10.6 Å². The zero-order valence-corrected chi connectivity index (χ0v) is 20.9. The van der Waals surface area contributed by atoms with Gasteiger partial charge in [-0.1, -0.05) is 42.3 Å². The fourth-order valence-corrected chi connectivity index (χ4v) is 5.61. The number of nitrogens with zero attached hydrogens (tertiary/aromatic N) is 2. The number of benzene rings is 2. The van der Waals surface area contributed by atoms with E-state index in [1.165, 1.54) is 18.4 Å². The van der Waals surface area contributed by atoms with Crippen LogP contribution in [-0.2, 0) is 4.74 Å². The van der Waals surface area contributed by atoms with Crippen molar-refractivity contribution in [3.05, 3.63) is 69.7 Å². The molecule has 1 aromatic heterocycles. The van der Waals surface area contributed by atoms with Crippen LogP contribution in [0.15, 0.2) is 48.5 Å². The Kier molecular flexibility index (Phi) is 7.66. The number of ketones is 1. The number of halogens is 1. The molecule has 0 radical (unpaired) electrons. The number of Topliss-reactive ketones (excluding diaryl/α,β-unsaturated/α-hetero) is 1. The molecule has 4 rings (SSSR count). The smallest absolute Gasteiger partial charge is 0.339 e. The second kappa shape index (κ2) is 10.7. The maximum Gasteiger partial charge on any atom is 0.339 e. The second-order valence-electron chi connectivity index (χ2n) is 8.54. The molecule has 2 aromatic carbocycles. The molecule has 2 N–H and O–H groups in total.